The number of amides is 1. The number of hydrogen-bond donors (Lipinski definition) is 0. The summed E-state index contributed by atoms with van der Waals surface area (Å²) in [5.41, 5.74) is -0.100. The lowest BCUT2D eigenvalue weighted by Gasteiger charge is -2.16. The zero-order valence-corrected chi connectivity index (χ0v) is 13.3. The summed E-state index contributed by atoms with van der Waals surface area (Å²) in [6, 6.07) is 1.51. The van der Waals surface area contributed by atoms with Crippen LogP contribution >= 0.6 is 50.1 Å². The fourth-order valence-electron chi connectivity index (χ4n) is 1.17. The molecule has 0 aromatic heterocycles. The number of benzene rings is 1. The maximum Gasteiger partial charge on any atom is 0.312 e. The number of anilines is 1. The second kappa shape index (κ2) is 5.49. The smallest absolute Gasteiger partial charge is 0.310 e. The van der Waals surface area contributed by atoms with Crippen molar-refractivity contribution in [1.82, 2.24) is 0 Å². The van der Waals surface area contributed by atoms with Crippen molar-refractivity contribution in [3.05, 3.63) is 29.2 Å². The van der Waals surface area contributed by atoms with Gasteiger partial charge in [0.15, 0.2) is 0 Å². The highest BCUT2D eigenvalue weighted by atomic mass is 127. The molecule has 1 amide bonds. The average Bonchev–Trinajstić information content (AvgIpc) is 2.23. The molecule has 0 N–H and O–H groups in total. The molecule has 92 valence electrons. The van der Waals surface area contributed by atoms with Gasteiger partial charge in [0.2, 0.25) is 5.91 Å². The van der Waals surface area contributed by atoms with Crippen LogP contribution in [-0.2, 0) is 4.79 Å². The predicted octanol–water partition coefficient (Wildman–Crippen LogP) is 3.60. The minimum absolute atomic E-state index is 0.0214. The number of nitro benzene ring substituents is 1. The van der Waals surface area contributed by atoms with E-state index in [1.807, 2.05) is 22.6 Å². The zero-order valence-electron chi connectivity index (χ0n) is 8.83. The Balaban J connectivity index is 3.59. The number of carbonyl (C=O) groups excluding carboxylic acids is 1. The fourth-order valence-corrected chi connectivity index (χ4v) is 2.38. The minimum atomic E-state index is -0.592. The highest BCUT2D eigenvalue weighted by molar-refractivity contribution is 14.1. The molecule has 0 saturated heterocycles. The second-order valence-electron chi connectivity index (χ2n) is 3.19. The van der Waals surface area contributed by atoms with E-state index in [0.29, 0.717) is 8.04 Å². The van der Waals surface area contributed by atoms with Gasteiger partial charge in [-0.3, -0.25) is 14.9 Å². The van der Waals surface area contributed by atoms with Gasteiger partial charge in [0.25, 0.3) is 0 Å². The van der Waals surface area contributed by atoms with Crippen molar-refractivity contribution in [2.45, 2.75) is 6.92 Å². The molecule has 0 aliphatic rings. The van der Waals surface area contributed by atoms with Crippen molar-refractivity contribution in [2.75, 3.05) is 11.9 Å². The molecule has 0 radical (unpaired) electrons. The molecule has 0 aliphatic carbocycles. The molecule has 0 atom stereocenters. The first-order chi connectivity index (χ1) is 7.77. The Morgan fingerprint density at radius 3 is 2.59 bits per heavy atom. The molecule has 1 rings (SSSR count). The summed E-state index contributed by atoms with van der Waals surface area (Å²) in [7, 11) is 1.46. The molecule has 0 aliphatic heterocycles. The van der Waals surface area contributed by atoms with Crippen LogP contribution in [0.3, 0.4) is 0 Å². The van der Waals surface area contributed by atoms with Gasteiger partial charge in [0.1, 0.15) is 10.7 Å². The van der Waals surface area contributed by atoms with Crippen LogP contribution in [0.5, 0.6) is 0 Å². The molecule has 1 aromatic rings. The molecule has 0 unspecified atom stereocenters. The fraction of sp³-hybridized carbons (Fsp3) is 0.222. The Hall–Kier alpha value is -0.410. The van der Waals surface area contributed by atoms with Crippen LogP contribution in [0.2, 0.25) is 5.02 Å². The van der Waals surface area contributed by atoms with Gasteiger partial charge in [-0.15, -0.1) is 0 Å². The SMILES string of the molecule is CC(=O)N(C)c1cc(Br)c(I)c(Cl)c1[N+](=O)[O-]. The molecule has 0 spiro atoms. The lowest BCUT2D eigenvalue weighted by atomic mass is 10.2. The highest BCUT2D eigenvalue weighted by Crippen LogP contribution is 2.41. The summed E-state index contributed by atoms with van der Waals surface area (Å²) in [4.78, 5) is 22.9. The van der Waals surface area contributed by atoms with Crippen LogP contribution in [0.25, 0.3) is 0 Å². The van der Waals surface area contributed by atoms with Gasteiger partial charge in [-0.2, -0.15) is 0 Å². The van der Waals surface area contributed by atoms with Crippen LogP contribution in [0.15, 0.2) is 10.5 Å². The van der Waals surface area contributed by atoms with Gasteiger partial charge in [-0.1, -0.05) is 11.6 Å². The predicted molar refractivity (Wildman–Crippen MR) is 77.6 cm³/mol. The molecular weight excluding hydrogens is 426 g/mol. The van der Waals surface area contributed by atoms with Crippen molar-refractivity contribution < 1.29 is 9.72 Å². The van der Waals surface area contributed by atoms with Crippen molar-refractivity contribution in [3.8, 4) is 0 Å². The summed E-state index contributed by atoms with van der Waals surface area (Å²) in [5.74, 6) is -0.308. The van der Waals surface area contributed by atoms with Crippen molar-refractivity contribution in [3.63, 3.8) is 0 Å². The van der Waals surface area contributed by atoms with Crippen LogP contribution in [0.1, 0.15) is 6.92 Å². The molecule has 0 saturated carbocycles. The Bertz CT molecular complexity index is 510. The van der Waals surface area contributed by atoms with Crippen molar-refractivity contribution in [2.24, 2.45) is 0 Å². The molecule has 0 heterocycles. The minimum Gasteiger partial charge on any atom is -0.310 e. The largest absolute Gasteiger partial charge is 0.312 e. The summed E-state index contributed by atoms with van der Waals surface area (Å²) in [6.45, 7) is 1.32. The van der Waals surface area contributed by atoms with Crippen LogP contribution in [0.4, 0.5) is 11.4 Å². The van der Waals surface area contributed by atoms with Gasteiger partial charge in [-0.25, -0.2) is 0 Å². The lowest BCUT2D eigenvalue weighted by molar-refractivity contribution is -0.384. The topological polar surface area (TPSA) is 63.5 Å². The average molecular weight is 433 g/mol. The number of halogens is 3. The first kappa shape index (κ1) is 14.7. The molecule has 8 heteroatoms. The molecular formula is C9H7BrClIN2O3. The third kappa shape index (κ3) is 2.89. The lowest BCUT2D eigenvalue weighted by Crippen LogP contribution is -2.24. The maximum atomic E-state index is 11.3. The van der Waals surface area contributed by atoms with E-state index in [0.717, 1.165) is 0 Å². The normalized spacial score (nSPS) is 10.2. The maximum absolute atomic E-state index is 11.3. The first-order valence-electron chi connectivity index (χ1n) is 4.33. The van der Waals surface area contributed by atoms with E-state index in [2.05, 4.69) is 15.9 Å². The Labute approximate surface area is 125 Å². The van der Waals surface area contributed by atoms with Gasteiger partial charge >= 0.3 is 5.69 Å². The summed E-state index contributed by atoms with van der Waals surface area (Å²) in [5, 5.41) is 11.0. The van der Waals surface area contributed by atoms with E-state index < -0.39 is 4.92 Å². The number of rotatable bonds is 2. The van der Waals surface area contributed by atoms with Crippen LogP contribution in [0, 0.1) is 13.7 Å². The van der Waals surface area contributed by atoms with Crippen molar-refractivity contribution in [1.29, 1.82) is 0 Å². The van der Waals surface area contributed by atoms with E-state index in [1.165, 1.54) is 24.9 Å². The Morgan fingerprint density at radius 2 is 2.18 bits per heavy atom. The third-order valence-electron chi connectivity index (χ3n) is 2.13. The Morgan fingerprint density at radius 1 is 1.65 bits per heavy atom. The number of nitrogens with zero attached hydrogens (tertiary/aromatic N) is 2. The third-order valence-corrected chi connectivity index (χ3v) is 5.31. The van der Waals surface area contributed by atoms with Gasteiger partial charge in [0.05, 0.1) is 8.49 Å². The van der Waals surface area contributed by atoms with Gasteiger partial charge in [-0.05, 0) is 44.6 Å². The van der Waals surface area contributed by atoms with E-state index in [1.54, 1.807) is 0 Å². The van der Waals surface area contributed by atoms with Gasteiger partial charge in [0, 0.05) is 18.4 Å². The van der Waals surface area contributed by atoms with Crippen molar-refractivity contribution >= 4 is 67.4 Å². The molecule has 5 nitrogen and oxygen atoms in total. The van der Waals surface area contributed by atoms with E-state index in [4.69, 9.17) is 11.6 Å². The van der Waals surface area contributed by atoms with Crippen LogP contribution in [-0.4, -0.2) is 17.9 Å². The molecule has 0 fully saturated rings. The standard InChI is InChI=1S/C9H7BrClIN2O3/c1-4(15)13(2)6-3-5(10)8(12)7(11)9(6)14(16)17/h3H,1-2H3. The second-order valence-corrected chi connectivity index (χ2v) is 5.50. The summed E-state index contributed by atoms with van der Waals surface area (Å²) < 4.78 is 1.15. The highest BCUT2D eigenvalue weighted by Gasteiger charge is 2.27. The number of nitro groups is 1. The van der Waals surface area contributed by atoms with E-state index >= 15 is 0 Å². The quantitative estimate of drug-likeness (QED) is 0.310. The van der Waals surface area contributed by atoms with E-state index in [9.17, 15) is 14.9 Å². The molecule has 0 bridgehead atoms. The van der Waals surface area contributed by atoms with Gasteiger partial charge < -0.3 is 4.90 Å². The number of carbonyl (C=O) groups is 1. The molecule has 17 heavy (non-hydrogen) atoms. The zero-order chi connectivity index (χ0) is 13.3. The van der Waals surface area contributed by atoms with Crippen LogP contribution < -0.4 is 4.90 Å². The first-order valence-corrected chi connectivity index (χ1v) is 6.58. The monoisotopic (exact) mass is 432 g/mol. The molecule has 1 aromatic carbocycles. The Kier molecular flexibility index (Phi) is 4.73. The summed E-state index contributed by atoms with van der Waals surface area (Å²) >= 11 is 11.1. The van der Waals surface area contributed by atoms with E-state index in [-0.39, 0.29) is 22.3 Å². The summed E-state index contributed by atoms with van der Waals surface area (Å²) in [6.07, 6.45) is 0. The number of hydrogen-bond acceptors (Lipinski definition) is 3.